The zero-order valence-electron chi connectivity index (χ0n) is 15.2. The van der Waals surface area contributed by atoms with Crippen LogP contribution in [0.25, 0.3) is 0 Å². The number of benzene rings is 2. The van der Waals surface area contributed by atoms with E-state index in [1.165, 1.54) is 0 Å². The molecule has 4 rings (SSSR count). The Balaban J connectivity index is 1.55. The number of hydrogen-bond donors (Lipinski definition) is 1. The highest BCUT2D eigenvalue weighted by atomic mass is 16.5. The molecule has 0 fully saturated rings. The van der Waals surface area contributed by atoms with Crippen molar-refractivity contribution >= 4 is 11.6 Å². The fourth-order valence-corrected chi connectivity index (χ4v) is 3.74. The number of primary amides is 1. The summed E-state index contributed by atoms with van der Waals surface area (Å²) in [6.45, 7) is 2.60. The number of anilines is 1. The molecule has 2 N–H and O–H groups in total. The molecular formula is C21H22N4O2. The summed E-state index contributed by atoms with van der Waals surface area (Å²) in [4.78, 5) is 18.6. The Morgan fingerprint density at radius 2 is 1.93 bits per heavy atom. The van der Waals surface area contributed by atoms with E-state index in [-0.39, 0.29) is 17.9 Å². The van der Waals surface area contributed by atoms with Gasteiger partial charge in [-0.25, -0.2) is 0 Å². The molecule has 3 aromatic rings. The molecule has 27 heavy (non-hydrogen) atoms. The van der Waals surface area contributed by atoms with Gasteiger partial charge in [0, 0.05) is 18.2 Å². The maximum atomic E-state index is 11.9. The first kappa shape index (κ1) is 17.3. The molecule has 1 aliphatic heterocycles. The van der Waals surface area contributed by atoms with E-state index in [9.17, 15) is 4.79 Å². The van der Waals surface area contributed by atoms with Crippen molar-refractivity contribution in [1.82, 2.24) is 10.1 Å². The molecule has 1 amide bonds. The molecule has 6 heteroatoms. The third kappa shape index (κ3) is 3.56. The normalized spacial score (nSPS) is 18.9. The van der Waals surface area contributed by atoms with E-state index in [0.717, 1.165) is 16.8 Å². The summed E-state index contributed by atoms with van der Waals surface area (Å²) in [5.41, 5.74) is 8.73. The number of carbonyl (C=O) groups is 1. The van der Waals surface area contributed by atoms with Crippen molar-refractivity contribution in [1.29, 1.82) is 0 Å². The Kier molecular flexibility index (Phi) is 4.62. The second-order valence-corrected chi connectivity index (χ2v) is 6.99. The Labute approximate surface area is 158 Å². The van der Waals surface area contributed by atoms with Crippen LogP contribution in [0.5, 0.6) is 0 Å². The maximum Gasteiger partial charge on any atom is 0.246 e. The molecule has 2 heterocycles. The highest BCUT2D eigenvalue weighted by Crippen LogP contribution is 2.38. The number of aromatic nitrogens is 2. The SMILES string of the molecule is C[C@@H]1C[C@@H](C(N)=O)c2ccccc2N1Cc1nc(Cc2ccccc2)no1. The van der Waals surface area contributed by atoms with Gasteiger partial charge in [0.05, 0.1) is 12.5 Å². The number of hydrogen-bond acceptors (Lipinski definition) is 5. The zero-order chi connectivity index (χ0) is 18.8. The smallest absolute Gasteiger partial charge is 0.246 e. The van der Waals surface area contributed by atoms with Crippen LogP contribution in [0.15, 0.2) is 59.1 Å². The van der Waals surface area contributed by atoms with Crippen LogP contribution in [-0.4, -0.2) is 22.1 Å². The number of rotatable bonds is 5. The monoisotopic (exact) mass is 362 g/mol. The lowest BCUT2D eigenvalue weighted by Gasteiger charge is -2.39. The largest absolute Gasteiger partial charge is 0.369 e. The standard InChI is InChI=1S/C21H22N4O2/c1-14-11-17(21(22)26)16-9-5-6-10-18(16)25(14)13-20-23-19(24-27-20)12-15-7-3-2-4-8-15/h2-10,14,17H,11-13H2,1H3,(H2,22,26)/t14-,17-/m1/s1. The van der Waals surface area contributed by atoms with Crippen LogP contribution in [0.3, 0.4) is 0 Å². The van der Waals surface area contributed by atoms with E-state index in [0.29, 0.717) is 31.1 Å². The second-order valence-electron chi connectivity index (χ2n) is 6.99. The number of nitrogens with zero attached hydrogens (tertiary/aromatic N) is 3. The molecule has 138 valence electrons. The molecule has 0 radical (unpaired) electrons. The highest BCUT2D eigenvalue weighted by molar-refractivity contribution is 5.85. The number of nitrogens with two attached hydrogens (primary N) is 1. The van der Waals surface area contributed by atoms with Crippen molar-refractivity contribution in [2.24, 2.45) is 5.73 Å². The van der Waals surface area contributed by atoms with Gasteiger partial charge in [-0.2, -0.15) is 4.98 Å². The Morgan fingerprint density at radius 1 is 1.19 bits per heavy atom. The van der Waals surface area contributed by atoms with Gasteiger partial charge in [-0.05, 0) is 30.5 Å². The van der Waals surface area contributed by atoms with E-state index in [2.05, 4.69) is 22.0 Å². The number of carbonyl (C=O) groups excluding carboxylic acids is 1. The van der Waals surface area contributed by atoms with Gasteiger partial charge < -0.3 is 15.2 Å². The average Bonchev–Trinajstić information content (AvgIpc) is 3.11. The maximum absolute atomic E-state index is 11.9. The van der Waals surface area contributed by atoms with Gasteiger partial charge in [0.25, 0.3) is 0 Å². The third-order valence-electron chi connectivity index (χ3n) is 5.09. The lowest BCUT2D eigenvalue weighted by Crippen LogP contribution is -2.41. The second kappa shape index (κ2) is 7.23. The van der Waals surface area contributed by atoms with Crippen molar-refractivity contribution in [2.45, 2.75) is 38.3 Å². The summed E-state index contributed by atoms with van der Waals surface area (Å²) in [7, 11) is 0. The van der Waals surface area contributed by atoms with E-state index in [4.69, 9.17) is 10.3 Å². The summed E-state index contributed by atoms with van der Waals surface area (Å²) in [5.74, 6) is 0.699. The molecule has 2 atom stereocenters. The first-order valence-electron chi connectivity index (χ1n) is 9.12. The van der Waals surface area contributed by atoms with Gasteiger partial charge in [-0.1, -0.05) is 53.7 Å². The topological polar surface area (TPSA) is 85.3 Å². The van der Waals surface area contributed by atoms with Crippen LogP contribution in [0.4, 0.5) is 5.69 Å². The van der Waals surface area contributed by atoms with Crippen molar-refractivity contribution in [3.63, 3.8) is 0 Å². The van der Waals surface area contributed by atoms with Crippen LogP contribution in [-0.2, 0) is 17.8 Å². The molecule has 0 unspecified atom stereocenters. The first-order valence-corrected chi connectivity index (χ1v) is 9.12. The summed E-state index contributed by atoms with van der Waals surface area (Å²) >= 11 is 0. The zero-order valence-corrected chi connectivity index (χ0v) is 15.2. The van der Waals surface area contributed by atoms with Crippen molar-refractivity contribution in [2.75, 3.05) is 4.90 Å². The van der Waals surface area contributed by atoms with E-state index in [1.54, 1.807) is 0 Å². The summed E-state index contributed by atoms with van der Waals surface area (Å²) in [6, 6.07) is 18.1. The molecule has 1 aromatic heterocycles. The predicted molar refractivity (Wildman–Crippen MR) is 102 cm³/mol. The number of fused-ring (bicyclic) bond motifs is 1. The molecule has 0 spiro atoms. The van der Waals surface area contributed by atoms with Gasteiger partial charge in [0.15, 0.2) is 5.82 Å². The number of para-hydroxylation sites is 1. The van der Waals surface area contributed by atoms with E-state index in [1.807, 2.05) is 54.6 Å². The summed E-state index contributed by atoms with van der Waals surface area (Å²) in [6.07, 6.45) is 1.32. The van der Waals surface area contributed by atoms with Crippen LogP contribution >= 0.6 is 0 Å². The lowest BCUT2D eigenvalue weighted by atomic mass is 9.85. The first-order chi connectivity index (χ1) is 13.1. The lowest BCUT2D eigenvalue weighted by molar-refractivity contribution is -0.119. The summed E-state index contributed by atoms with van der Waals surface area (Å²) in [5, 5.41) is 4.11. The van der Waals surface area contributed by atoms with Gasteiger partial charge in [0.2, 0.25) is 11.8 Å². The Bertz CT molecular complexity index is 938. The molecule has 0 bridgehead atoms. The summed E-state index contributed by atoms with van der Waals surface area (Å²) < 4.78 is 5.48. The molecule has 2 aromatic carbocycles. The van der Waals surface area contributed by atoms with Crippen molar-refractivity contribution < 1.29 is 9.32 Å². The Hall–Kier alpha value is -3.15. The van der Waals surface area contributed by atoms with Gasteiger partial charge in [-0.15, -0.1) is 0 Å². The van der Waals surface area contributed by atoms with Gasteiger partial charge in [0.1, 0.15) is 0 Å². The van der Waals surface area contributed by atoms with E-state index < -0.39 is 0 Å². The number of amides is 1. The third-order valence-corrected chi connectivity index (χ3v) is 5.09. The fraction of sp³-hybridized carbons (Fsp3) is 0.286. The molecule has 0 aliphatic carbocycles. The van der Waals surface area contributed by atoms with Crippen LogP contribution in [0, 0.1) is 0 Å². The highest BCUT2D eigenvalue weighted by Gasteiger charge is 2.33. The predicted octanol–water partition coefficient (Wildman–Crippen LogP) is 3.03. The van der Waals surface area contributed by atoms with Crippen molar-refractivity contribution in [3.05, 3.63) is 77.4 Å². The minimum atomic E-state index is -0.281. The Morgan fingerprint density at radius 3 is 2.70 bits per heavy atom. The average molecular weight is 362 g/mol. The van der Waals surface area contributed by atoms with E-state index >= 15 is 0 Å². The van der Waals surface area contributed by atoms with Crippen LogP contribution in [0.1, 0.15) is 42.1 Å². The minimum Gasteiger partial charge on any atom is -0.369 e. The minimum absolute atomic E-state index is 0.141. The molecule has 0 saturated heterocycles. The quantitative estimate of drug-likeness (QED) is 0.754. The van der Waals surface area contributed by atoms with Crippen LogP contribution < -0.4 is 10.6 Å². The molecular weight excluding hydrogens is 340 g/mol. The fourth-order valence-electron chi connectivity index (χ4n) is 3.74. The van der Waals surface area contributed by atoms with Crippen molar-refractivity contribution in [3.8, 4) is 0 Å². The van der Waals surface area contributed by atoms with Gasteiger partial charge >= 0.3 is 0 Å². The van der Waals surface area contributed by atoms with Crippen LogP contribution in [0.2, 0.25) is 0 Å². The molecule has 6 nitrogen and oxygen atoms in total. The molecule has 0 saturated carbocycles. The molecule has 1 aliphatic rings. The van der Waals surface area contributed by atoms with Gasteiger partial charge in [-0.3, -0.25) is 4.79 Å².